The quantitative estimate of drug-likeness (QED) is 0.829. The Labute approximate surface area is 96.0 Å². The third-order valence-corrected chi connectivity index (χ3v) is 2.60. The van der Waals surface area contributed by atoms with E-state index in [-0.39, 0.29) is 6.10 Å². The van der Waals surface area contributed by atoms with E-state index >= 15 is 0 Å². The maximum Gasteiger partial charge on any atom is 0.164 e. The summed E-state index contributed by atoms with van der Waals surface area (Å²) in [5.74, 6) is 1.55. The van der Waals surface area contributed by atoms with E-state index in [1.54, 1.807) is 14.0 Å². The molecule has 0 bridgehead atoms. The number of rotatable bonds is 5. The van der Waals surface area contributed by atoms with Gasteiger partial charge in [0, 0.05) is 12.0 Å². The van der Waals surface area contributed by atoms with E-state index in [1.807, 2.05) is 18.2 Å². The van der Waals surface area contributed by atoms with Gasteiger partial charge in [0.1, 0.15) is 0 Å². The van der Waals surface area contributed by atoms with Crippen LogP contribution in [0.3, 0.4) is 0 Å². The molecule has 1 aromatic rings. The van der Waals surface area contributed by atoms with Gasteiger partial charge in [0.25, 0.3) is 0 Å². The van der Waals surface area contributed by atoms with Crippen molar-refractivity contribution in [2.75, 3.05) is 7.11 Å². The molecule has 1 aliphatic rings. The molecule has 3 heteroatoms. The Balaban J connectivity index is 2.25. The minimum atomic E-state index is -0.367. The molecular formula is C13H18O3. The fourth-order valence-corrected chi connectivity index (χ4v) is 1.69. The minimum Gasteiger partial charge on any atom is -0.493 e. The van der Waals surface area contributed by atoms with E-state index in [1.165, 1.54) is 0 Å². The number of aliphatic hydroxyl groups excluding tert-OH is 1. The Morgan fingerprint density at radius 1 is 1.44 bits per heavy atom. The minimum absolute atomic E-state index is 0.337. The van der Waals surface area contributed by atoms with Crippen molar-refractivity contribution < 1.29 is 14.6 Å². The van der Waals surface area contributed by atoms with Crippen molar-refractivity contribution in [3.05, 3.63) is 23.8 Å². The number of hydrogen-bond donors (Lipinski definition) is 1. The highest BCUT2D eigenvalue weighted by atomic mass is 16.5. The lowest BCUT2D eigenvalue weighted by atomic mass is 10.1. The molecule has 0 spiro atoms. The molecule has 1 unspecified atom stereocenters. The largest absolute Gasteiger partial charge is 0.493 e. The Morgan fingerprint density at radius 2 is 2.19 bits per heavy atom. The summed E-state index contributed by atoms with van der Waals surface area (Å²) in [6.07, 6.45) is 2.80. The smallest absolute Gasteiger partial charge is 0.164 e. The van der Waals surface area contributed by atoms with Crippen LogP contribution in [0.5, 0.6) is 11.5 Å². The Morgan fingerprint density at radius 3 is 2.75 bits per heavy atom. The molecule has 0 amide bonds. The third-order valence-electron chi connectivity index (χ3n) is 2.60. The average molecular weight is 222 g/mol. The summed E-state index contributed by atoms with van der Waals surface area (Å²) in [7, 11) is 1.64. The molecule has 2 rings (SSSR count). The van der Waals surface area contributed by atoms with E-state index < -0.39 is 0 Å². The molecule has 1 aliphatic carbocycles. The molecule has 1 aromatic carbocycles. The number of methoxy groups -OCH3 is 1. The van der Waals surface area contributed by atoms with Gasteiger partial charge in [-0.2, -0.15) is 0 Å². The standard InChI is InChI=1S/C13H18O3/c1-9(14)8-10-4-3-5-12(15-2)13(10)16-11-6-7-11/h3-5,9,11,14H,6-8H2,1-2H3. The number of benzene rings is 1. The SMILES string of the molecule is COc1cccc(CC(C)O)c1OC1CC1. The molecule has 0 aromatic heterocycles. The first-order valence-corrected chi connectivity index (χ1v) is 5.71. The van der Waals surface area contributed by atoms with Crippen LogP contribution in [0.15, 0.2) is 18.2 Å². The van der Waals surface area contributed by atoms with Gasteiger partial charge < -0.3 is 14.6 Å². The van der Waals surface area contributed by atoms with Crippen molar-refractivity contribution in [2.45, 2.75) is 38.4 Å². The zero-order valence-corrected chi connectivity index (χ0v) is 9.77. The number of ether oxygens (including phenoxy) is 2. The molecule has 3 nitrogen and oxygen atoms in total. The number of hydrogen-bond acceptors (Lipinski definition) is 3. The second kappa shape index (κ2) is 4.74. The van der Waals surface area contributed by atoms with Gasteiger partial charge in [0.2, 0.25) is 0 Å². The van der Waals surface area contributed by atoms with E-state index in [9.17, 15) is 5.11 Å². The van der Waals surface area contributed by atoms with E-state index in [0.29, 0.717) is 12.5 Å². The van der Waals surface area contributed by atoms with Crippen LogP contribution in [0.2, 0.25) is 0 Å². The molecule has 1 atom stereocenters. The van der Waals surface area contributed by atoms with Crippen LogP contribution in [0, 0.1) is 0 Å². The van der Waals surface area contributed by atoms with Crippen molar-refractivity contribution in [1.29, 1.82) is 0 Å². The molecular weight excluding hydrogens is 204 g/mol. The van der Waals surface area contributed by atoms with Crippen LogP contribution in [0.1, 0.15) is 25.3 Å². The van der Waals surface area contributed by atoms with Gasteiger partial charge in [0.15, 0.2) is 11.5 Å². The van der Waals surface area contributed by atoms with Gasteiger partial charge in [-0.05, 0) is 25.8 Å². The van der Waals surface area contributed by atoms with Gasteiger partial charge in [-0.3, -0.25) is 0 Å². The van der Waals surface area contributed by atoms with Crippen LogP contribution < -0.4 is 9.47 Å². The average Bonchev–Trinajstić information content (AvgIpc) is 3.03. The predicted molar refractivity (Wildman–Crippen MR) is 62.0 cm³/mol. The number of para-hydroxylation sites is 1. The highest BCUT2D eigenvalue weighted by Crippen LogP contribution is 2.36. The fourth-order valence-electron chi connectivity index (χ4n) is 1.69. The molecule has 0 aliphatic heterocycles. The molecule has 0 radical (unpaired) electrons. The Bertz CT molecular complexity index is 356. The first kappa shape index (κ1) is 11.3. The van der Waals surface area contributed by atoms with Gasteiger partial charge in [-0.25, -0.2) is 0 Å². The number of aliphatic hydroxyl groups is 1. The molecule has 88 valence electrons. The first-order chi connectivity index (χ1) is 7.70. The van der Waals surface area contributed by atoms with Crippen molar-refractivity contribution in [3.63, 3.8) is 0 Å². The van der Waals surface area contributed by atoms with Crippen LogP contribution in [0.4, 0.5) is 0 Å². The Kier molecular flexibility index (Phi) is 3.34. The predicted octanol–water partition coefficient (Wildman–Crippen LogP) is 2.16. The van der Waals surface area contributed by atoms with Crippen molar-refractivity contribution >= 4 is 0 Å². The highest BCUT2D eigenvalue weighted by molar-refractivity contribution is 5.47. The topological polar surface area (TPSA) is 38.7 Å². The van der Waals surface area contributed by atoms with Crippen LogP contribution >= 0.6 is 0 Å². The maximum absolute atomic E-state index is 9.45. The summed E-state index contributed by atoms with van der Waals surface area (Å²) in [5.41, 5.74) is 1.02. The molecule has 1 N–H and O–H groups in total. The van der Waals surface area contributed by atoms with Gasteiger partial charge in [-0.15, -0.1) is 0 Å². The normalized spacial score (nSPS) is 16.9. The monoisotopic (exact) mass is 222 g/mol. The van der Waals surface area contributed by atoms with E-state index in [4.69, 9.17) is 9.47 Å². The highest BCUT2D eigenvalue weighted by Gasteiger charge is 2.26. The van der Waals surface area contributed by atoms with E-state index in [2.05, 4.69) is 0 Å². The third kappa shape index (κ3) is 2.67. The first-order valence-electron chi connectivity index (χ1n) is 5.71. The molecule has 1 fully saturated rings. The van der Waals surface area contributed by atoms with Gasteiger partial charge >= 0.3 is 0 Å². The van der Waals surface area contributed by atoms with Gasteiger partial charge in [-0.1, -0.05) is 12.1 Å². The lowest BCUT2D eigenvalue weighted by Crippen LogP contribution is -2.08. The zero-order chi connectivity index (χ0) is 11.5. The lowest BCUT2D eigenvalue weighted by molar-refractivity contribution is 0.192. The molecule has 1 saturated carbocycles. The summed E-state index contributed by atoms with van der Waals surface area (Å²) < 4.78 is 11.1. The fraction of sp³-hybridized carbons (Fsp3) is 0.538. The summed E-state index contributed by atoms with van der Waals surface area (Å²) >= 11 is 0. The van der Waals surface area contributed by atoms with Crippen LogP contribution in [-0.4, -0.2) is 24.4 Å². The summed E-state index contributed by atoms with van der Waals surface area (Å²) in [4.78, 5) is 0. The van der Waals surface area contributed by atoms with Crippen LogP contribution in [-0.2, 0) is 6.42 Å². The summed E-state index contributed by atoms with van der Waals surface area (Å²) in [6.45, 7) is 1.78. The lowest BCUT2D eigenvalue weighted by Gasteiger charge is -2.15. The molecule has 16 heavy (non-hydrogen) atoms. The zero-order valence-electron chi connectivity index (χ0n) is 9.77. The summed E-state index contributed by atoms with van der Waals surface area (Å²) in [5, 5.41) is 9.45. The molecule has 0 saturated heterocycles. The van der Waals surface area contributed by atoms with Crippen molar-refractivity contribution in [3.8, 4) is 11.5 Å². The van der Waals surface area contributed by atoms with Crippen molar-refractivity contribution in [2.24, 2.45) is 0 Å². The van der Waals surface area contributed by atoms with Crippen molar-refractivity contribution in [1.82, 2.24) is 0 Å². The van der Waals surface area contributed by atoms with Crippen LogP contribution in [0.25, 0.3) is 0 Å². The Hall–Kier alpha value is -1.22. The summed E-state index contributed by atoms with van der Waals surface area (Å²) in [6, 6.07) is 5.80. The van der Waals surface area contributed by atoms with E-state index in [0.717, 1.165) is 29.9 Å². The van der Waals surface area contributed by atoms with Gasteiger partial charge in [0.05, 0.1) is 19.3 Å². The second-order valence-electron chi connectivity index (χ2n) is 4.32. The maximum atomic E-state index is 9.45. The molecule has 0 heterocycles. The second-order valence-corrected chi connectivity index (χ2v) is 4.32.